The normalized spacial score (nSPS) is 16.0. The summed E-state index contributed by atoms with van der Waals surface area (Å²) in [4.78, 5) is 73.0. The minimum absolute atomic E-state index is 0.00861. The summed E-state index contributed by atoms with van der Waals surface area (Å²) in [5.74, 6) is 0.0328. The second kappa shape index (κ2) is 23.0. The minimum Gasteiger partial charge on any atom is -0.391 e. The lowest BCUT2D eigenvalue weighted by molar-refractivity contribution is -0.138. The Kier molecular flexibility index (Phi) is 16.0. The van der Waals surface area contributed by atoms with Gasteiger partial charge in [0, 0.05) is 61.9 Å². The van der Waals surface area contributed by atoms with Gasteiger partial charge in [-0.3, -0.25) is 23.7 Å². The number of β-amino-alcohol motifs (C(OH)–C–C–N with tert-alkyl or cyclic N) is 1. The third-order valence-electron chi connectivity index (χ3n) is 14.1. The first-order valence-corrected chi connectivity index (χ1v) is 26.2. The topological polar surface area (TPSA) is 236 Å². The minimum atomic E-state index is -0.818. The Morgan fingerprint density at radius 1 is 0.808 bits per heavy atom. The number of likely N-dealkylation sites (tertiary alicyclic amines) is 1. The maximum absolute atomic E-state index is 13.1. The van der Waals surface area contributed by atoms with E-state index >= 15 is 0 Å². The highest BCUT2D eigenvalue weighted by Gasteiger charge is 2.39. The number of anilines is 1. The number of hydrogen-bond acceptors (Lipinski definition) is 12. The van der Waals surface area contributed by atoms with E-state index in [1.807, 2.05) is 83.7 Å². The molecule has 2 atom stereocenters. The SMILES string of the molecule is Cc1ncsc1-c1ccc(CNC(=O)[C@@H]2C[C@@H](O)CN2C(=O)CNC(=O)CCCCCCCNC(=O)CCc2cccc(-c3ccc4nc(-c5cccnc5N)n(-c5ccc(C6(N)CCC6)cc5)c4n3)c2)cc1. The third-order valence-corrected chi connectivity index (χ3v) is 15.0. The van der Waals surface area contributed by atoms with E-state index in [-0.39, 0.29) is 55.7 Å². The molecule has 0 spiro atoms. The Labute approximate surface area is 429 Å². The van der Waals surface area contributed by atoms with E-state index in [2.05, 4.69) is 56.3 Å². The molecule has 3 aromatic carbocycles. The van der Waals surface area contributed by atoms with Crippen LogP contribution in [0.25, 0.3) is 49.9 Å². The third kappa shape index (κ3) is 12.1. The van der Waals surface area contributed by atoms with Crippen LogP contribution in [0.5, 0.6) is 0 Å². The van der Waals surface area contributed by atoms with Crippen molar-refractivity contribution in [3.63, 3.8) is 0 Å². The van der Waals surface area contributed by atoms with Gasteiger partial charge >= 0.3 is 0 Å². The Balaban J connectivity index is 0.678. The second-order valence-electron chi connectivity index (χ2n) is 19.3. The molecule has 1 saturated heterocycles. The summed E-state index contributed by atoms with van der Waals surface area (Å²) < 4.78 is 2.02. The number of imidazole rings is 1. The largest absolute Gasteiger partial charge is 0.391 e. The van der Waals surface area contributed by atoms with Gasteiger partial charge in [0.15, 0.2) is 11.5 Å². The number of rotatable bonds is 21. The van der Waals surface area contributed by atoms with E-state index in [1.165, 1.54) is 4.90 Å². The molecule has 2 fully saturated rings. The van der Waals surface area contributed by atoms with Gasteiger partial charge in [0.1, 0.15) is 17.4 Å². The molecular weight excluding hydrogens is 939 g/mol. The van der Waals surface area contributed by atoms with Crippen molar-refractivity contribution < 1.29 is 24.3 Å². The summed E-state index contributed by atoms with van der Waals surface area (Å²) in [6, 6.07) is 31.2. The van der Waals surface area contributed by atoms with Crippen LogP contribution in [0.3, 0.4) is 0 Å². The van der Waals surface area contributed by atoms with Crippen molar-refractivity contribution in [1.82, 2.24) is 45.4 Å². The second-order valence-corrected chi connectivity index (χ2v) is 20.1. The molecule has 0 unspecified atom stereocenters. The molecule has 1 saturated carbocycles. The highest BCUT2D eigenvalue weighted by molar-refractivity contribution is 7.13. The molecule has 7 aromatic rings. The maximum atomic E-state index is 13.1. The fraction of sp³-hybridized carbons (Fsp3) is 0.357. The lowest BCUT2D eigenvalue weighted by Gasteiger charge is -2.38. The van der Waals surface area contributed by atoms with Crippen LogP contribution in [0.4, 0.5) is 5.82 Å². The van der Waals surface area contributed by atoms with Crippen molar-refractivity contribution in [2.24, 2.45) is 5.73 Å². The Hall–Kier alpha value is -7.34. The average Bonchev–Trinajstić information content (AvgIpc) is 4.13. The molecule has 8 N–H and O–H groups in total. The van der Waals surface area contributed by atoms with Gasteiger partial charge in [-0.15, -0.1) is 11.3 Å². The molecule has 73 heavy (non-hydrogen) atoms. The first-order valence-electron chi connectivity index (χ1n) is 25.3. The van der Waals surface area contributed by atoms with Gasteiger partial charge in [0.05, 0.1) is 40.0 Å². The fourth-order valence-electron chi connectivity index (χ4n) is 9.70. The summed E-state index contributed by atoms with van der Waals surface area (Å²) in [5, 5.41) is 19.0. The number of aliphatic hydroxyl groups excluding tert-OH is 1. The molecule has 9 rings (SSSR count). The number of hydrogen-bond donors (Lipinski definition) is 6. The number of thiazole rings is 1. The summed E-state index contributed by atoms with van der Waals surface area (Å²) in [6.45, 7) is 2.63. The van der Waals surface area contributed by atoms with Crippen molar-refractivity contribution in [2.75, 3.05) is 25.4 Å². The van der Waals surface area contributed by atoms with Gasteiger partial charge < -0.3 is 37.4 Å². The van der Waals surface area contributed by atoms with E-state index in [9.17, 15) is 24.3 Å². The van der Waals surface area contributed by atoms with Crippen LogP contribution in [0.2, 0.25) is 0 Å². The quantitative estimate of drug-likeness (QED) is 0.0391. The lowest BCUT2D eigenvalue weighted by atomic mass is 9.73. The van der Waals surface area contributed by atoms with Crippen LogP contribution in [-0.2, 0) is 37.7 Å². The summed E-state index contributed by atoms with van der Waals surface area (Å²) >= 11 is 1.58. The Bertz CT molecular complexity index is 3080. The number of nitrogens with one attached hydrogen (secondary N) is 3. The predicted molar refractivity (Wildman–Crippen MR) is 284 cm³/mol. The number of nitrogens with two attached hydrogens (primary N) is 2. The van der Waals surface area contributed by atoms with E-state index in [4.69, 9.17) is 21.4 Å². The zero-order valence-electron chi connectivity index (χ0n) is 41.2. The number of aromatic nitrogens is 5. The van der Waals surface area contributed by atoms with Crippen molar-refractivity contribution in [3.8, 4) is 38.8 Å². The number of carbonyl (C=O) groups is 4. The number of nitrogen functional groups attached to an aromatic ring is 1. The van der Waals surface area contributed by atoms with Gasteiger partial charge in [0.2, 0.25) is 23.6 Å². The van der Waals surface area contributed by atoms with E-state index in [1.54, 1.807) is 17.5 Å². The number of unbranched alkanes of at least 4 members (excludes halogenated alkanes) is 4. The van der Waals surface area contributed by atoms with Crippen molar-refractivity contribution in [1.29, 1.82) is 0 Å². The highest BCUT2D eigenvalue weighted by atomic mass is 32.1. The lowest BCUT2D eigenvalue weighted by Crippen LogP contribution is -2.48. The molecule has 17 heteroatoms. The Morgan fingerprint density at radius 2 is 1.59 bits per heavy atom. The molecule has 4 aromatic heterocycles. The first-order chi connectivity index (χ1) is 35.4. The average molecular weight is 1000 g/mol. The van der Waals surface area contributed by atoms with Gasteiger partial charge in [0.25, 0.3) is 0 Å². The van der Waals surface area contributed by atoms with Crippen LogP contribution in [0.15, 0.2) is 109 Å². The predicted octanol–water partition coefficient (Wildman–Crippen LogP) is 7.29. The van der Waals surface area contributed by atoms with Gasteiger partial charge in [-0.1, -0.05) is 73.9 Å². The number of nitrogens with zero attached hydrogens (tertiary/aromatic N) is 6. The first kappa shape index (κ1) is 50.6. The molecule has 1 aliphatic carbocycles. The number of fused-ring (bicyclic) bond motifs is 1. The summed E-state index contributed by atoms with van der Waals surface area (Å²) in [7, 11) is 0. The summed E-state index contributed by atoms with van der Waals surface area (Å²) in [6.07, 6.45) is 9.44. The molecule has 1 aliphatic heterocycles. The Morgan fingerprint density at radius 3 is 2.34 bits per heavy atom. The fourth-order valence-corrected chi connectivity index (χ4v) is 10.5. The smallest absolute Gasteiger partial charge is 0.243 e. The van der Waals surface area contributed by atoms with E-state index in [0.717, 1.165) is 100 Å². The number of benzene rings is 3. The maximum Gasteiger partial charge on any atom is 0.243 e. The van der Waals surface area contributed by atoms with Gasteiger partial charge in [-0.2, -0.15) is 0 Å². The molecule has 0 bridgehead atoms. The number of aliphatic hydroxyl groups is 1. The van der Waals surface area contributed by atoms with Crippen molar-refractivity contribution in [3.05, 3.63) is 131 Å². The summed E-state index contributed by atoms with van der Waals surface area (Å²) in [5.41, 5.74) is 24.4. The number of pyridine rings is 2. The highest BCUT2D eigenvalue weighted by Crippen LogP contribution is 2.40. The molecule has 16 nitrogen and oxygen atoms in total. The zero-order chi connectivity index (χ0) is 50.9. The monoisotopic (exact) mass is 1000 g/mol. The number of aryl methyl sites for hydroxylation is 2. The van der Waals surface area contributed by atoms with Crippen molar-refractivity contribution in [2.45, 2.75) is 108 Å². The van der Waals surface area contributed by atoms with Crippen LogP contribution in [-0.4, -0.2) is 89.9 Å². The molecule has 378 valence electrons. The van der Waals surface area contributed by atoms with Gasteiger partial charge in [-0.25, -0.2) is 19.9 Å². The molecule has 4 amide bonds. The van der Waals surface area contributed by atoms with E-state index in [0.29, 0.717) is 48.7 Å². The van der Waals surface area contributed by atoms with Crippen molar-refractivity contribution >= 4 is 51.9 Å². The van der Waals surface area contributed by atoms with E-state index < -0.39 is 18.1 Å². The number of amides is 4. The van der Waals surface area contributed by atoms with Crippen LogP contribution < -0.4 is 27.4 Å². The van der Waals surface area contributed by atoms with Crippen LogP contribution in [0, 0.1) is 6.92 Å². The van der Waals surface area contributed by atoms with Crippen LogP contribution in [0.1, 0.15) is 93.0 Å². The molecule has 5 heterocycles. The standard InChI is InChI=1S/C56H63N11O5S/c1-36-51(73-35-63-36)39-17-14-38(15-18-39)32-62-55(72)47-31-43(68)34-66(47)50(71)33-61-48(69)13-5-3-2-4-6-28-59-49(70)25-16-37-10-7-11-40(30-37)45-23-24-46-54(64-45)67(53(65-46)44-12-8-29-60-52(44)57)42-21-19-41(20-22-42)56(58)26-9-27-56/h7-8,10-12,14-15,17-24,29-30,35,43,47,68H,2-6,9,13,16,25-28,31-34,58H2,1H3,(H2,57,60)(H,59,70)(H,61,69)(H,62,72)/t43-,47+/m1/s1. The van der Waals surface area contributed by atoms with Crippen LogP contribution >= 0.6 is 11.3 Å². The molecular formula is C56H63N11O5S. The number of carbonyl (C=O) groups excluding carboxylic acids is 4. The molecule has 2 aliphatic rings. The molecule has 0 radical (unpaired) electrons. The van der Waals surface area contributed by atoms with Gasteiger partial charge in [-0.05, 0) is 110 Å². The zero-order valence-corrected chi connectivity index (χ0v) is 42.0.